The first-order chi connectivity index (χ1) is 14.8. The molecule has 0 spiro atoms. The summed E-state index contributed by atoms with van der Waals surface area (Å²) in [6, 6.07) is 10.0. The molecule has 1 N–H and O–H groups in total. The maximum Gasteiger partial charge on any atom is 0.276 e. The van der Waals surface area contributed by atoms with E-state index < -0.39 is 6.04 Å². The lowest BCUT2D eigenvalue weighted by Gasteiger charge is -2.32. The SMILES string of the molecule is CNC(CC(C)C)CN(C(=O)c1cc(-c2ccc(C#N)cc2)on1)C(C=O)CC(C)C. The van der Waals surface area contributed by atoms with Crippen molar-refractivity contribution in [2.45, 2.75) is 52.6 Å². The third-order valence-corrected chi connectivity index (χ3v) is 5.14. The Labute approximate surface area is 184 Å². The molecule has 0 saturated heterocycles. The van der Waals surface area contributed by atoms with Gasteiger partial charge in [0, 0.05) is 24.2 Å². The first-order valence-electron chi connectivity index (χ1n) is 10.7. The fraction of sp³-hybridized carbons (Fsp3) is 0.500. The number of likely N-dealkylation sites (N-methyl/N-ethyl adjacent to an activating group) is 1. The Kier molecular flexibility index (Phi) is 8.95. The number of nitrogens with one attached hydrogen (secondary N) is 1. The molecular weight excluding hydrogens is 392 g/mol. The van der Waals surface area contributed by atoms with Gasteiger partial charge in [0.15, 0.2) is 11.5 Å². The van der Waals surface area contributed by atoms with E-state index in [4.69, 9.17) is 9.78 Å². The third kappa shape index (κ3) is 6.76. The smallest absolute Gasteiger partial charge is 0.276 e. The van der Waals surface area contributed by atoms with E-state index in [0.29, 0.717) is 30.2 Å². The summed E-state index contributed by atoms with van der Waals surface area (Å²) in [6.45, 7) is 8.72. The van der Waals surface area contributed by atoms with Gasteiger partial charge in [-0.1, -0.05) is 32.9 Å². The van der Waals surface area contributed by atoms with Crippen molar-refractivity contribution >= 4 is 12.2 Å². The van der Waals surface area contributed by atoms with Gasteiger partial charge in [0.1, 0.15) is 6.29 Å². The summed E-state index contributed by atoms with van der Waals surface area (Å²) < 4.78 is 5.40. The van der Waals surface area contributed by atoms with E-state index in [2.05, 4.69) is 30.4 Å². The summed E-state index contributed by atoms with van der Waals surface area (Å²) in [4.78, 5) is 26.9. The van der Waals surface area contributed by atoms with Crippen LogP contribution in [0, 0.1) is 23.2 Å². The van der Waals surface area contributed by atoms with E-state index in [1.165, 1.54) is 0 Å². The number of nitriles is 1. The van der Waals surface area contributed by atoms with Crippen LogP contribution < -0.4 is 5.32 Å². The standard InChI is InChI=1S/C24H32N4O3/c1-16(2)10-20(26-5)14-28(21(15-29)11-17(3)4)24(30)22-12-23(31-27-22)19-8-6-18(13-25)7-9-19/h6-9,12,15-17,20-21,26H,10-11,14H2,1-5H3. The van der Waals surface area contributed by atoms with Crippen LogP contribution >= 0.6 is 0 Å². The molecule has 31 heavy (non-hydrogen) atoms. The number of aldehydes is 1. The maximum absolute atomic E-state index is 13.4. The number of hydrogen-bond acceptors (Lipinski definition) is 6. The lowest BCUT2D eigenvalue weighted by molar-refractivity contribution is -0.112. The minimum Gasteiger partial charge on any atom is -0.355 e. The highest BCUT2D eigenvalue weighted by Crippen LogP contribution is 2.23. The summed E-state index contributed by atoms with van der Waals surface area (Å²) in [5.41, 5.74) is 1.42. The second-order valence-electron chi connectivity index (χ2n) is 8.67. The van der Waals surface area contributed by atoms with Gasteiger partial charge >= 0.3 is 0 Å². The Bertz CT molecular complexity index is 896. The normalized spacial score (nSPS) is 13.1. The number of carbonyl (C=O) groups excluding carboxylic acids is 2. The average Bonchev–Trinajstić information content (AvgIpc) is 3.24. The topological polar surface area (TPSA) is 99.2 Å². The molecule has 2 aromatic rings. The lowest BCUT2D eigenvalue weighted by atomic mass is 9.99. The van der Waals surface area contributed by atoms with E-state index in [1.807, 2.05) is 20.9 Å². The van der Waals surface area contributed by atoms with Crippen LogP contribution in [-0.2, 0) is 4.79 Å². The average molecular weight is 425 g/mol. The Morgan fingerprint density at radius 3 is 2.35 bits per heavy atom. The van der Waals surface area contributed by atoms with Gasteiger partial charge in [0.2, 0.25) is 0 Å². The second-order valence-corrected chi connectivity index (χ2v) is 8.67. The molecule has 7 nitrogen and oxygen atoms in total. The molecule has 166 valence electrons. The fourth-order valence-corrected chi connectivity index (χ4v) is 3.57. The van der Waals surface area contributed by atoms with Gasteiger partial charge in [-0.15, -0.1) is 0 Å². The van der Waals surface area contributed by atoms with Crippen molar-refractivity contribution in [1.82, 2.24) is 15.4 Å². The Morgan fingerprint density at radius 2 is 1.84 bits per heavy atom. The second kappa shape index (κ2) is 11.4. The van der Waals surface area contributed by atoms with Gasteiger partial charge in [-0.25, -0.2) is 0 Å². The Hall–Kier alpha value is -2.98. The molecule has 0 saturated carbocycles. The molecule has 7 heteroatoms. The monoisotopic (exact) mass is 424 g/mol. The molecule has 1 aromatic carbocycles. The Balaban J connectivity index is 2.31. The molecule has 0 fully saturated rings. The van der Waals surface area contributed by atoms with Crippen molar-refractivity contribution in [3.63, 3.8) is 0 Å². The predicted molar refractivity (Wildman–Crippen MR) is 119 cm³/mol. The quantitative estimate of drug-likeness (QED) is 0.549. The van der Waals surface area contributed by atoms with Crippen molar-refractivity contribution in [2.75, 3.05) is 13.6 Å². The van der Waals surface area contributed by atoms with Crippen LogP contribution in [0.3, 0.4) is 0 Å². The molecule has 2 unspecified atom stereocenters. The molecule has 2 rings (SSSR count). The van der Waals surface area contributed by atoms with Gasteiger partial charge in [0.25, 0.3) is 5.91 Å². The van der Waals surface area contributed by atoms with Crippen molar-refractivity contribution < 1.29 is 14.1 Å². The van der Waals surface area contributed by atoms with Gasteiger partial charge < -0.3 is 19.5 Å². The zero-order valence-corrected chi connectivity index (χ0v) is 19.0. The predicted octanol–water partition coefficient (Wildman–Crippen LogP) is 3.90. The number of nitrogens with zero attached hydrogens (tertiary/aromatic N) is 3. The summed E-state index contributed by atoms with van der Waals surface area (Å²) in [7, 11) is 1.87. The van der Waals surface area contributed by atoms with Crippen molar-refractivity contribution in [1.29, 1.82) is 5.26 Å². The van der Waals surface area contributed by atoms with Crippen LogP contribution in [0.5, 0.6) is 0 Å². The van der Waals surface area contributed by atoms with Crippen LogP contribution in [0.2, 0.25) is 0 Å². The van der Waals surface area contributed by atoms with Crippen molar-refractivity contribution in [3.8, 4) is 17.4 Å². The largest absolute Gasteiger partial charge is 0.355 e. The number of hydrogen-bond donors (Lipinski definition) is 1. The maximum atomic E-state index is 13.4. The molecule has 0 aliphatic carbocycles. The van der Waals surface area contributed by atoms with Crippen LogP contribution in [0.15, 0.2) is 34.9 Å². The minimum absolute atomic E-state index is 0.0588. The van der Waals surface area contributed by atoms with E-state index in [1.54, 1.807) is 35.2 Å². The van der Waals surface area contributed by atoms with Crippen LogP contribution in [0.1, 0.15) is 56.6 Å². The molecular formula is C24H32N4O3. The molecule has 0 aliphatic rings. The summed E-state index contributed by atoms with van der Waals surface area (Å²) in [5.74, 6) is 0.816. The third-order valence-electron chi connectivity index (χ3n) is 5.14. The number of aromatic nitrogens is 1. The molecule has 2 atom stereocenters. The zero-order valence-electron chi connectivity index (χ0n) is 19.0. The van der Waals surface area contributed by atoms with Crippen LogP contribution in [0.4, 0.5) is 0 Å². The number of benzene rings is 1. The van der Waals surface area contributed by atoms with E-state index >= 15 is 0 Å². The van der Waals surface area contributed by atoms with Gasteiger partial charge in [-0.3, -0.25) is 4.79 Å². The zero-order chi connectivity index (χ0) is 23.0. The molecule has 0 aliphatic heterocycles. The molecule has 1 aromatic heterocycles. The van der Waals surface area contributed by atoms with Gasteiger partial charge in [-0.05, 0) is 56.0 Å². The van der Waals surface area contributed by atoms with Crippen LogP contribution in [-0.4, -0.2) is 47.9 Å². The number of amides is 1. The minimum atomic E-state index is -0.537. The Morgan fingerprint density at radius 1 is 1.19 bits per heavy atom. The lowest BCUT2D eigenvalue weighted by Crippen LogP contribution is -2.49. The molecule has 0 bridgehead atoms. The number of carbonyl (C=O) groups is 2. The summed E-state index contributed by atoms with van der Waals surface area (Å²) in [6.07, 6.45) is 2.30. The summed E-state index contributed by atoms with van der Waals surface area (Å²) in [5, 5.41) is 16.2. The van der Waals surface area contributed by atoms with E-state index in [0.717, 1.165) is 18.3 Å². The first kappa shape index (κ1) is 24.3. The highest BCUT2D eigenvalue weighted by Gasteiger charge is 2.30. The van der Waals surface area contributed by atoms with Crippen LogP contribution in [0.25, 0.3) is 11.3 Å². The van der Waals surface area contributed by atoms with Crippen molar-refractivity contribution in [3.05, 3.63) is 41.6 Å². The van der Waals surface area contributed by atoms with Gasteiger partial charge in [0.05, 0.1) is 17.7 Å². The summed E-state index contributed by atoms with van der Waals surface area (Å²) >= 11 is 0. The van der Waals surface area contributed by atoms with E-state index in [9.17, 15) is 9.59 Å². The first-order valence-corrected chi connectivity index (χ1v) is 10.7. The van der Waals surface area contributed by atoms with E-state index in [-0.39, 0.29) is 23.6 Å². The van der Waals surface area contributed by atoms with Crippen molar-refractivity contribution in [2.24, 2.45) is 11.8 Å². The molecule has 0 radical (unpaired) electrons. The number of rotatable bonds is 11. The molecule has 1 heterocycles. The highest BCUT2D eigenvalue weighted by atomic mass is 16.5. The molecule has 1 amide bonds. The fourth-order valence-electron chi connectivity index (χ4n) is 3.57. The highest BCUT2D eigenvalue weighted by molar-refractivity contribution is 5.94. The van der Waals surface area contributed by atoms with Gasteiger partial charge in [-0.2, -0.15) is 5.26 Å².